The van der Waals surface area contributed by atoms with Gasteiger partial charge >= 0.3 is 5.97 Å². The zero-order valence-electron chi connectivity index (χ0n) is 11.7. The molecule has 5 nitrogen and oxygen atoms in total. The van der Waals surface area contributed by atoms with Crippen LogP contribution in [0.2, 0.25) is 0 Å². The zero-order chi connectivity index (χ0) is 14.7. The molecule has 1 amide bonds. The van der Waals surface area contributed by atoms with Gasteiger partial charge < -0.3 is 15.7 Å². The van der Waals surface area contributed by atoms with Crippen LogP contribution in [0.1, 0.15) is 25.0 Å². The van der Waals surface area contributed by atoms with Gasteiger partial charge in [0.2, 0.25) is 5.91 Å². The largest absolute Gasteiger partial charge is 0.480 e. The summed E-state index contributed by atoms with van der Waals surface area (Å²) in [6.45, 7) is 4.19. The van der Waals surface area contributed by atoms with Crippen LogP contribution < -0.4 is 10.6 Å². The van der Waals surface area contributed by atoms with E-state index in [0.29, 0.717) is 13.0 Å². The maximum absolute atomic E-state index is 12.2. The van der Waals surface area contributed by atoms with Crippen LogP contribution in [0.15, 0.2) is 24.3 Å². The van der Waals surface area contributed by atoms with Crippen molar-refractivity contribution in [1.29, 1.82) is 0 Å². The number of amides is 1. The van der Waals surface area contributed by atoms with Gasteiger partial charge in [-0.05, 0) is 23.5 Å². The Bertz CT molecular complexity index is 514. The summed E-state index contributed by atoms with van der Waals surface area (Å²) in [5.41, 5.74) is 2.33. The zero-order valence-corrected chi connectivity index (χ0v) is 11.7. The molecule has 3 N–H and O–H groups in total. The lowest BCUT2D eigenvalue weighted by Gasteiger charge is -2.27. The molecule has 0 fully saturated rings. The van der Waals surface area contributed by atoms with E-state index in [1.807, 2.05) is 24.3 Å². The van der Waals surface area contributed by atoms with E-state index >= 15 is 0 Å². The van der Waals surface area contributed by atoms with Gasteiger partial charge in [-0.2, -0.15) is 0 Å². The molecule has 0 aromatic heterocycles. The number of fused-ring (bicyclic) bond motifs is 1. The summed E-state index contributed by atoms with van der Waals surface area (Å²) in [6.07, 6.45) is 0.590. The van der Waals surface area contributed by atoms with E-state index in [0.717, 1.165) is 5.56 Å². The van der Waals surface area contributed by atoms with E-state index in [2.05, 4.69) is 10.6 Å². The fourth-order valence-electron chi connectivity index (χ4n) is 2.41. The highest BCUT2D eigenvalue weighted by Gasteiger charge is 2.29. The molecule has 1 aliphatic heterocycles. The molecule has 1 aromatic rings. The SMILES string of the molecule is CC(C)C(NC(=O)[C@H]1Cc2ccccc2CN1)C(=O)O. The van der Waals surface area contributed by atoms with Crippen LogP contribution in [0, 0.1) is 5.92 Å². The highest BCUT2D eigenvalue weighted by atomic mass is 16.4. The number of aliphatic carboxylic acids is 1. The topological polar surface area (TPSA) is 78.4 Å². The van der Waals surface area contributed by atoms with Crippen LogP contribution in [0.5, 0.6) is 0 Å². The maximum Gasteiger partial charge on any atom is 0.326 e. The first-order chi connectivity index (χ1) is 9.49. The molecular formula is C15H20N2O3. The molecule has 0 aliphatic carbocycles. The van der Waals surface area contributed by atoms with Crippen LogP contribution in [-0.2, 0) is 22.6 Å². The Morgan fingerprint density at radius 2 is 1.95 bits per heavy atom. The van der Waals surface area contributed by atoms with Gasteiger partial charge in [0.05, 0.1) is 6.04 Å². The Kier molecular flexibility index (Phi) is 4.39. The van der Waals surface area contributed by atoms with Crippen LogP contribution >= 0.6 is 0 Å². The standard InChI is InChI=1S/C15H20N2O3/c1-9(2)13(15(19)20)17-14(18)12-7-10-5-3-4-6-11(10)8-16-12/h3-6,9,12-13,16H,7-8H2,1-2H3,(H,17,18)(H,19,20)/t12-,13?/m1/s1. The minimum atomic E-state index is -0.996. The summed E-state index contributed by atoms with van der Waals surface area (Å²) < 4.78 is 0. The van der Waals surface area contributed by atoms with Gasteiger partial charge in [-0.25, -0.2) is 4.79 Å². The highest BCUT2D eigenvalue weighted by Crippen LogP contribution is 2.16. The third-order valence-corrected chi connectivity index (χ3v) is 3.63. The summed E-state index contributed by atoms with van der Waals surface area (Å²) in [6, 6.07) is 6.75. The van der Waals surface area contributed by atoms with E-state index in [9.17, 15) is 9.59 Å². The summed E-state index contributed by atoms with van der Waals surface area (Å²) in [4.78, 5) is 23.3. The van der Waals surface area contributed by atoms with E-state index in [-0.39, 0.29) is 17.9 Å². The molecule has 1 aromatic carbocycles. The summed E-state index contributed by atoms with van der Waals surface area (Å²) >= 11 is 0. The van der Waals surface area contributed by atoms with E-state index < -0.39 is 12.0 Å². The lowest BCUT2D eigenvalue weighted by Crippen LogP contribution is -2.53. The van der Waals surface area contributed by atoms with Crippen LogP contribution in [0.4, 0.5) is 0 Å². The van der Waals surface area contributed by atoms with Gasteiger partial charge in [-0.3, -0.25) is 4.79 Å². The fraction of sp³-hybridized carbons (Fsp3) is 0.467. The van der Waals surface area contributed by atoms with Crippen molar-refractivity contribution in [3.05, 3.63) is 35.4 Å². The van der Waals surface area contributed by atoms with Gasteiger partial charge in [0.25, 0.3) is 0 Å². The number of nitrogens with one attached hydrogen (secondary N) is 2. The summed E-state index contributed by atoms with van der Waals surface area (Å²) in [5, 5.41) is 14.9. The molecule has 1 unspecified atom stereocenters. The van der Waals surface area contributed by atoms with Crippen molar-refractivity contribution in [2.45, 2.75) is 38.9 Å². The number of carbonyl (C=O) groups excluding carboxylic acids is 1. The van der Waals surface area contributed by atoms with Crippen molar-refractivity contribution in [2.75, 3.05) is 0 Å². The smallest absolute Gasteiger partial charge is 0.326 e. The molecule has 0 spiro atoms. The fourth-order valence-corrected chi connectivity index (χ4v) is 2.41. The number of carboxylic acid groups (broad SMARTS) is 1. The monoisotopic (exact) mass is 276 g/mol. The number of hydrogen-bond donors (Lipinski definition) is 3. The second kappa shape index (κ2) is 6.05. The van der Waals surface area contributed by atoms with Crippen molar-refractivity contribution in [1.82, 2.24) is 10.6 Å². The third-order valence-electron chi connectivity index (χ3n) is 3.63. The van der Waals surface area contributed by atoms with Gasteiger partial charge in [-0.15, -0.1) is 0 Å². The minimum Gasteiger partial charge on any atom is -0.480 e. The second-order valence-corrected chi connectivity index (χ2v) is 5.47. The van der Waals surface area contributed by atoms with Crippen LogP contribution in [-0.4, -0.2) is 29.1 Å². The average molecular weight is 276 g/mol. The first-order valence-electron chi connectivity index (χ1n) is 6.82. The highest BCUT2D eigenvalue weighted by molar-refractivity contribution is 5.87. The van der Waals surface area contributed by atoms with Crippen molar-refractivity contribution in [2.24, 2.45) is 5.92 Å². The van der Waals surface area contributed by atoms with Gasteiger partial charge in [-0.1, -0.05) is 38.1 Å². The van der Waals surface area contributed by atoms with E-state index in [1.54, 1.807) is 13.8 Å². The predicted molar refractivity (Wildman–Crippen MR) is 75.2 cm³/mol. The van der Waals surface area contributed by atoms with E-state index in [1.165, 1.54) is 5.56 Å². The molecule has 108 valence electrons. The minimum absolute atomic E-state index is 0.146. The van der Waals surface area contributed by atoms with Crippen molar-refractivity contribution >= 4 is 11.9 Å². The first-order valence-corrected chi connectivity index (χ1v) is 6.82. The van der Waals surface area contributed by atoms with Crippen LogP contribution in [0.25, 0.3) is 0 Å². The summed E-state index contributed by atoms with van der Waals surface area (Å²) in [7, 11) is 0. The molecule has 1 aliphatic rings. The Hall–Kier alpha value is -1.88. The third kappa shape index (κ3) is 3.17. The first kappa shape index (κ1) is 14.5. The van der Waals surface area contributed by atoms with Crippen molar-refractivity contribution in [3.8, 4) is 0 Å². The van der Waals surface area contributed by atoms with E-state index in [4.69, 9.17) is 5.11 Å². The van der Waals surface area contributed by atoms with Crippen molar-refractivity contribution in [3.63, 3.8) is 0 Å². The molecule has 5 heteroatoms. The Balaban J connectivity index is 2.03. The number of benzene rings is 1. The normalized spacial score (nSPS) is 19.2. The number of carboxylic acids is 1. The Labute approximate surface area is 118 Å². The van der Waals surface area contributed by atoms with Gasteiger partial charge in [0, 0.05) is 6.54 Å². The molecule has 0 bridgehead atoms. The molecule has 2 atom stereocenters. The molecular weight excluding hydrogens is 256 g/mol. The predicted octanol–water partition coefficient (Wildman–Crippen LogP) is 0.926. The van der Waals surface area contributed by atoms with Gasteiger partial charge in [0.1, 0.15) is 6.04 Å². The molecule has 0 saturated heterocycles. The number of rotatable bonds is 4. The average Bonchev–Trinajstić information content (AvgIpc) is 2.43. The Morgan fingerprint density at radius 1 is 1.30 bits per heavy atom. The molecule has 0 radical (unpaired) electrons. The lowest BCUT2D eigenvalue weighted by molar-refractivity contribution is -0.143. The number of carbonyl (C=O) groups is 2. The quantitative estimate of drug-likeness (QED) is 0.764. The molecule has 0 saturated carbocycles. The lowest BCUT2D eigenvalue weighted by atomic mass is 9.95. The van der Waals surface area contributed by atoms with Crippen LogP contribution in [0.3, 0.4) is 0 Å². The summed E-state index contributed by atoms with van der Waals surface area (Å²) in [5.74, 6) is -1.39. The second-order valence-electron chi connectivity index (χ2n) is 5.47. The molecule has 20 heavy (non-hydrogen) atoms. The van der Waals surface area contributed by atoms with Gasteiger partial charge in [0.15, 0.2) is 0 Å². The Morgan fingerprint density at radius 3 is 2.55 bits per heavy atom. The molecule has 2 rings (SSSR count). The number of hydrogen-bond acceptors (Lipinski definition) is 3. The van der Waals surface area contributed by atoms with Crippen molar-refractivity contribution < 1.29 is 14.7 Å². The molecule has 1 heterocycles. The maximum atomic E-state index is 12.2.